The number of allylic oxidation sites excluding steroid dienone is 3. The van der Waals surface area contributed by atoms with Gasteiger partial charge in [-0.25, -0.2) is 9.97 Å². The molecule has 0 aliphatic carbocycles. The predicted octanol–water partition coefficient (Wildman–Crippen LogP) is 6.10. The summed E-state index contributed by atoms with van der Waals surface area (Å²) in [6, 6.07) is 6.39. The van der Waals surface area contributed by atoms with E-state index in [9.17, 15) is 25.2 Å². The molecule has 8 bridgehead atoms. The monoisotopic (exact) mass is 755 g/mol. The van der Waals surface area contributed by atoms with E-state index in [4.69, 9.17) is 14.7 Å². The fourth-order valence-corrected chi connectivity index (χ4v) is 8.70. The first kappa shape index (κ1) is 39.6. The van der Waals surface area contributed by atoms with Crippen LogP contribution in [0.2, 0.25) is 0 Å². The molecule has 0 aromatic carbocycles. The summed E-state index contributed by atoms with van der Waals surface area (Å²) in [4.78, 5) is 32.8. The normalized spacial score (nSPS) is 21.4. The maximum Gasteiger partial charge on any atom is 0.222 e. The van der Waals surface area contributed by atoms with Gasteiger partial charge in [0.05, 0.1) is 29.4 Å². The predicted molar refractivity (Wildman–Crippen MR) is 218 cm³/mol. The molecule has 3 aliphatic rings. The van der Waals surface area contributed by atoms with Crippen LogP contribution in [0.15, 0.2) is 24.8 Å². The van der Waals surface area contributed by atoms with Crippen LogP contribution in [0.1, 0.15) is 90.6 Å². The van der Waals surface area contributed by atoms with E-state index in [0.717, 1.165) is 84.7 Å². The van der Waals surface area contributed by atoms with E-state index in [1.165, 1.54) is 22.9 Å². The number of aryl methyl sites for hydroxylation is 3. The summed E-state index contributed by atoms with van der Waals surface area (Å²) < 4.78 is 5.60. The van der Waals surface area contributed by atoms with Crippen LogP contribution in [0.4, 0.5) is 0 Å². The minimum Gasteiger partial charge on any atom is -0.394 e. The number of rotatable bonds is 11. The average Bonchev–Trinajstić information content (AvgIpc) is 3.86. The van der Waals surface area contributed by atoms with Crippen molar-refractivity contribution < 1.29 is 30.0 Å². The third-order valence-electron chi connectivity index (χ3n) is 11.1. The Bertz CT molecular complexity index is 2180. The van der Waals surface area contributed by atoms with Gasteiger partial charge >= 0.3 is 0 Å². The Hall–Kier alpha value is -4.04. The molecule has 288 valence electrons. The lowest BCUT2D eigenvalue weighted by Crippen LogP contribution is -2.57. The zero-order valence-corrected chi connectivity index (χ0v) is 33.1. The molecule has 6 heterocycles. The third kappa shape index (κ3) is 7.60. The fraction of sp³-hybridized carbons (Fsp3) is 0.452. The maximum atomic E-state index is 13.5. The largest absolute Gasteiger partial charge is 0.394 e. The highest BCUT2D eigenvalue weighted by molar-refractivity contribution is 7.99. The molecule has 0 unspecified atom stereocenters. The molecule has 3 aromatic heterocycles. The summed E-state index contributed by atoms with van der Waals surface area (Å²) in [5, 5.41) is 40.0. The van der Waals surface area contributed by atoms with Crippen LogP contribution in [-0.4, -0.2) is 107 Å². The van der Waals surface area contributed by atoms with E-state index in [0.29, 0.717) is 31.6 Å². The van der Waals surface area contributed by atoms with Gasteiger partial charge in [0.2, 0.25) is 5.91 Å². The summed E-state index contributed by atoms with van der Waals surface area (Å²) in [6.45, 7) is 16.8. The van der Waals surface area contributed by atoms with Crippen molar-refractivity contribution in [1.82, 2.24) is 24.8 Å². The highest BCUT2D eigenvalue weighted by Crippen LogP contribution is 2.37. The van der Waals surface area contributed by atoms with Gasteiger partial charge in [-0.3, -0.25) is 4.79 Å². The van der Waals surface area contributed by atoms with Gasteiger partial charge in [-0.2, -0.15) is 0 Å². The molecule has 6 rings (SSSR count). The summed E-state index contributed by atoms with van der Waals surface area (Å²) in [5.74, 6) is 0.549. The Morgan fingerprint density at radius 1 is 0.944 bits per heavy atom. The van der Waals surface area contributed by atoms with E-state index in [1.807, 2.05) is 6.08 Å². The molecule has 3 aliphatic heterocycles. The van der Waals surface area contributed by atoms with Crippen LogP contribution in [0.5, 0.6) is 0 Å². The first-order valence-corrected chi connectivity index (χ1v) is 19.7. The van der Waals surface area contributed by atoms with Crippen molar-refractivity contribution in [2.45, 2.75) is 97.1 Å². The van der Waals surface area contributed by atoms with Crippen molar-refractivity contribution in [1.29, 1.82) is 0 Å². The van der Waals surface area contributed by atoms with E-state index in [1.54, 1.807) is 11.9 Å². The topological polar surface area (TPSA) is 168 Å². The van der Waals surface area contributed by atoms with Crippen molar-refractivity contribution in [3.63, 3.8) is 0 Å². The summed E-state index contributed by atoms with van der Waals surface area (Å²) in [5.41, 5.74) is 15.3. The second kappa shape index (κ2) is 16.4. The molecule has 0 spiro atoms. The highest BCUT2D eigenvalue weighted by Gasteiger charge is 2.43. The van der Waals surface area contributed by atoms with Gasteiger partial charge in [0, 0.05) is 53.2 Å². The number of carbonyl (C=O) groups is 1. The number of aliphatic hydroxyl groups is 4. The highest BCUT2D eigenvalue weighted by atomic mass is 32.2. The van der Waals surface area contributed by atoms with Crippen molar-refractivity contribution in [2.24, 2.45) is 0 Å². The lowest BCUT2D eigenvalue weighted by atomic mass is 9.98. The van der Waals surface area contributed by atoms with Crippen molar-refractivity contribution >= 4 is 68.6 Å². The number of nitrogens with one attached hydrogen (secondary N) is 2. The Labute approximate surface area is 320 Å². The SMILES string of the molecule is C=Cc1c(C)c2cc3nc(c(C)c4nc(cc5[nH]c(cc1[nH]2)c(C)c5CC)C(C)=C4)C(CCC(=O)N(C)CCCS[C@@H]1O[C@H](CO)[C@@H](O)[C@H](O)[C@@H]1O)=C3C. The number of ether oxygens (including phenoxy) is 1. The second-order valence-corrected chi connectivity index (χ2v) is 15.8. The molecule has 1 saturated heterocycles. The molecule has 11 nitrogen and oxygen atoms in total. The quantitative estimate of drug-likeness (QED) is 0.127. The van der Waals surface area contributed by atoms with E-state index >= 15 is 0 Å². The van der Waals surface area contributed by atoms with Crippen molar-refractivity contribution in [2.75, 3.05) is 26.0 Å². The number of hydrogen-bond donors (Lipinski definition) is 6. The van der Waals surface area contributed by atoms with Crippen molar-refractivity contribution in [3.05, 3.63) is 75.4 Å². The third-order valence-corrected chi connectivity index (χ3v) is 12.3. The molecular formula is C42H53N5O6S. The van der Waals surface area contributed by atoms with E-state index < -0.39 is 36.5 Å². The number of carbonyl (C=O) groups excluding carboxylic acids is 1. The Morgan fingerprint density at radius 3 is 2.35 bits per heavy atom. The molecule has 0 saturated carbocycles. The lowest BCUT2D eigenvalue weighted by molar-refractivity contribution is -0.205. The smallest absolute Gasteiger partial charge is 0.222 e. The van der Waals surface area contributed by atoms with Gasteiger partial charge in [-0.05, 0) is 117 Å². The minimum atomic E-state index is -1.40. The number of thioether (sulfide) groups is 1. The van der Waals surface area contributed by atoms with Gasteiger partial charge in [0.1, 0.15) is 29.9 Å². The van der Waals surface area contributed by atoms with Gasteiger partial charge in [0.25, 0.3) is 0 Å². The summed E-state index contributed by atoms with van der Waals surface area (Å²) >= 11 is 1.29. The maximum absolute atomic E-state index is 13.5. The van der Waals surface area contributed by atoms with E-state index in [2.05, 4.69) is 82.4 Å². The standard InChI is InChI=1S/C42H53N5O6S/c1-9-26-23(5)32-19-35-27(10-2)22(4)31(44-35)18-33-24(6)28(38(46-33)25(7)30-16-21(3)29(43-30)17-34(26)45-32)12-13-37(49)47(8)14-11-15-54-42-41(52)40(51)39(50)36(20-48)53-42/h10,16-19,36,39-42,44-45,48,50-52H,2,9,11-15,20H2,1,3-8H3/t36-,39-,40+,41+,42+/m1/s1. The zero-order chi connectivity index (χ0) is 39.0. The number of hydrogen-bond acceptors (Lipinski definition) is 9. The zero-order valence-electron chi connectivity index (χ0n) is 32.3. The van der Waals surface area contributed by atoms with Crippen LogP contribution in [0.3, 0.4) is 0 Å². The summed E-state index contributed by atoms with van der Waals surface area (Å²) in [7, 11) is 1.79. The lowest BCUT2D eigenvalue weighted by Gasteiger charge is -2.39. The molecule has 5 atom stereocenters. The number of aliphatic hydroxyl groups excluding tert-OH is 4. The summed E-state index contributed by atoms with van der Waals surface area (Å²) in [6.07, 6.45) is 1.31. The van der Waals surface area contributed by atoms with Crippen molar-refractivity contribution in [3.8, 4) is 0 Å². The van der Waals surface area contributed by atoms with Crippen LogP contribution < -0.4 is 0 Å². The molecule has 1 amide bonds. The minimum absolute atomic E-state index is 0.00306. The molecule has 3 aromatic rings. The van der Waals surface area contributed by atoms with Gasteiger partial charge in [0.15, 0.2) is 0 Å². The molecule has 54 heavy (non-hydrogen) atoms. The number of nitrogens with zero attached hydrogens (tertiary/aromatic N) is 3. The number of fused-ring (bicyclic) bond motifs is 8. The van der Waals surface area contributed by atoms with Crippen LogP contribution in [-0.2, 0) is 16.0 Å². The molecule has 0 radical (unpaired) electrons. The Kier molecular flexibility index (Phi) is 12.0. The average molecular weight is 756 g/mol. The molecular weight excluding hydrogens is 703 g/mol. The molecule has 12 heteroatoms. The number of aromatic nitrogens is 4. The van der Waals surface area contributed by atoms with E-state index in [-0.39, 0.29) is 5.91 Å². The first-order valence-electron chi connectivity index (χ1n) is 18.7. The Balaban J connectivity index is 1.29. The van der Waals surface area contributed by atoms with Crippen LogP contribution in [0, 0.1) is 20.8 Å². The number of amides is 1. The second-order valence-electron chi connectivity index (χ2n) is 14.6. The molecule has 1 fully saturated rings. The van der Waals surface area contributed by atoms with Crippen LogP contribution in [0.25, 0.3) is 50.9 Å². The van der Waals surface area contributed by atoms with Gasteiger partial charge < -0.3 is 40.0 Å². The van der Waals surface area contributed by atoms with Gasteiger partial charge in [-0.1, -0.05) is 19.6 Å². The number of aromatic amines is 2. The number of H-pyrrole nitrogens is 2. The first-order chi connectivity index (χ1) is 25.8. The fourth-order valence-electron chi connectivity index (χ4n) is 7.60. The van der Waals surface area contributed by atoms with Gasteiger partial charge in [-0.15, -0.1) is 11.8 Å². The van der Waals surface area contributed by atoms with Crippen LogP contribution >= 0.6 is 11.8 Å². The Morgan fingerprint density at radius 2 is 1.65 bits per heavy atom. The molecule has 6 N–H and O–H groups in total.